The maximum atomic E-state index is 15.9. The van der Waals surface area contributed by atoms with Gasteiger partial charge in [0.15, 0.2) is 23.1 Å². The molecule has 0 aromatic carbocycles. The molecule has 0 amide bonds. The quantitative estimate of drug-likeness (QED) is 0.704. The van der Waals surface area contributed by atoms with Crippen molar-refractivity contribution in [1.29, 1.82) is 0 Å². The van der Waals surface area contributed by atoms with Gasteiger partial charge in [0, 0.05) is 0 Å². The molecule has 11 nitrogen and oxygen atoms in total. The molecule has 0 bridgehead atoms. The summed E-state index contributed by atoms with van der Waals surface area (Å²) in [4.78, 5) is 12.4. The van der Waals surface area contributed by atoms with Crippen LogP contribution >= 0.6 is 7.82 Å². The first kappa shape index (κ1) is 20.4. The van der Waals surface area contributed by atoms with Crippen LogP contribution in [-0.2, 0) is 22.9 Å². The lowest BCUT2D eigenvalue weighted by molar-refractivity contribution is -0.0733. The number of hydrogen-bond acceptors (Lipinski definition) is 10. The number of fused-ring (bicyclic) bond motifs is 2. The molecule has 2 aliphatic rings. The van der Waals surface area contributed by atoms with Gasteiger partial charge in [-0.05, 0) is 27.7 Å². The minimum atomic E-state index is -3.91. The summed E-state index contributed by atoms with van der Waals surface area (Å²) in [6.07, 6.45) is -2.20. The van der Waals surface area contributed by atoms with Crippen LogP contribution in [0.4, 0.5) is 10.3 Å². The fourth-order valence-corrected chi connectivity index (χ4v) is 5.11. The van der Waals surface area contributed by atoms with Crippen molar-refractivity contribution in [1.82, 2.24) is 19.5 Å². The van der Waals surface area contributed by atoms with Gasteiger partial charge in [0.1, 0.15) is 12.2 Å². The second kappa shape index (κ2) is 7.13. The van der Waals surface area contributed by atoms with Crippen LogP contribution in [0.3, 0.4) is 0 Å². The molecular formula is C16H23FN5O6P. The van der Waals surface area contributed by atoms with E-state index in [1.165, 1.54) is 17.8 Å². The first-order chi connectivity index (χ1) is 13.6. The van der Waals surface area contributed by atoms with Gasteiger partial charge in [-0.3, -0.25) is 18.1 Å². The number of rotatable bonds is 5. The minimum absolute atomic E-state index is 0.0481. The maximum absolute atomic E-state index is 15.9. The van der Waals surface area contributed by atoms with Crippen molar-refractivity contribution in [3.8, 4) is 5.88 Å². The number of nitrogens with zero attached hydrogens (tertiary/aromatic N) is 4. The van der Waals surface area contributed by atoms with Gasteiger partial charge in [-0.1, -0.05) is 0 Å². The zero-order valence-corrected chi connectivity index (χ0v) is 17.3. The molecule has 0 spiro atoms. The van der Waals surface area contributed by atoms with Gasteiger partial charge >= 0.3 is 7.82 Å². The molecule has 4 heterocycles. The average Bonchev–Trinajstić information content (AvgIpc) is 3.13. The van der Waals surface area contributed by atoms with Crippen LogP contribution in [0.2, 0.25) is 0 Å². The zero-order valence-electron chi connectivity index (χ0n) is 16.4. The second-order valence-electron chi connectivity index (χ2n) is 7.25. The van der Waals surface area contributed by atoms with Crippen LogP contribution in [0.15, 0.2) is 6.33 Å². The number of phosphoric acid groups is 1. The van der Waals surface area contributed by atoms with Gasteiger partial charge in [0.2, 0.25) is 11.8 Å². The predicted molar refractivity (Wildman–Crippen MR) is 99.0 cm³/mol. The molecule has 0 unspecified atom stereocenters. The highest BCUT2D eigenvalue weighted by atomic mass is 31.2. The SMILES string of the molecule is CCOc1nc(N)nc2c1ncn2[C@H]1O[C@H]2CO[P@](=O)(OC(C)C)O[C@@H]2[C@]1(C)F. The highest BCUT2D eigenvalue weighted by Crippen LogP contribution is 2.60. The third kappa shape index (κ3) is 3.49. The van der Waals surface area contributed by atoms with Crippen molar-refractivity contribution >= 4 is 24.9 Å². The van der Waals surface area contributed by atoms with Crippen LogP contribution in [0, 0.1) is 0 Å². The Hall–Kier alpha value is -1.85. The molecule has 2 aliphatic heterocycles. The lowest BCUT2D eigenvalue weighted by Gasteiger charge is -2.34. The van der Waals surface area contributed by atoms with Crippen molar-refractivity contribution in [3.05, 3.63) is 6.33 Å². The third-order valence-corrected chi connectivity index (χ3v) is 6.23. The fraction of sp³-hybridized carbons (Fsp3) is 0.688. The molecule has 5 atom stereocenters. The van der Waals surface area contributed by atoms with E-state index in [1.54, 1.807) is 20.8 Å². The minimum Gasteiger partial charge on any atom is -0.476 e. The standard InChI is InChI=1S/C16H23FN5O6P/c1-5-24-13-10-12(20-15(18)21-13)22(7-19-10)14-16(4,17)11-9(26-14)6-25-29(23,28-11)27-8(2)3/h7-9,11,14H,5-6H2,1-4H3,(H2,18,20,21)/t9-,11-,14-,16-,29+/m0/s1. The summed E-state index contributed by atoms with van der Waals surface area (Å²) in [5, 5.41) is 0. The second-order valence-corrected chi connectivity index (χ2v) is 8.82. The van der Waals surface area contributed by atoms with E-state index >= 15 is 4.39 Å². The highest BCUT2D eigenvalue weighted by Gasteiger charge is 2.61. The van der Waals surface area contributed by atoms with Gasteiger partial charge in [0.05, 0.1) is 25.6 Å². The van der Waals surface area contributed by atoms with E-state index in [0.717, 1.165) is 0 Å². The van der Waals surface area contributed by atoms with E-state index < -0.39 is 38.0 Å². The molecule has 2 N–H and O–H groups in total. The number of phosphoric ester groups is 1. The number of ether oxygens (including phenoxy) is 2. The van der Waals surface area contributed by atoms with E-state index in [-0.39, 0.29) is 24.1 Å². The first-order valence-electron chi connectivity index (χ1n) is 9.23. The van der Waals surface area contributed by atoms with Crippen LogP contribution in [0.25, 0.3) is 11.2 Å². The average molecular weight is 431 g/mol. The smallest absolute Gasteiger partial charge is 0.475 e. The molecule has 29 heavy (non-hydrogen) atoms. The number of anilines is 1. The van der Waals surface area contributed by atoms with Gasteiger partial charge in [-0.25, -0.2) is 13.9 Å². The summed E-state index contributed by atoms with van der Waals surface area (Å²) in [6.45, 7) is 6.66. The van der Waals surface area contributed by atoms with E-state index in [2.05, 4.69) is 15.0 Å². The van der Waals surface area contributed by atoms with Gasteiger partial charge in [-0.2, -0.15) is 9.97 Å². The third-order valence-electron chi connectivity index (χ3n) is 4.60. The van der Waals surface area contributed by atoms with Gasteiger partial charge in [0.25, 0.3) is 0 Å². The van der Waals surface area contributed by atoms with Gasteiger partial charge < -0.3 is 15.2 Å². The van der Waals surface area contributed by atoms with E-state index in [1.807, 2.05) is 0 Å². The molecule has 4 rings (SSSR count). The number of imidazole rings is 1. The number of aromatic nitrogens is 4. The molecule has 2 saturated heterocycles. The predicted octanol–water partition coefficient (Wildman–Crippen LogP) is 2.38. The molecular weight excluding hydrogens is 408 g/mol. The lowest BCUT2D eigenvalue weighted by atomic mass is 9.98. The molecule has 160 valence electrons. The van der Waals surface area contributed by atoms with Crippen LogP contribution in [-0.4, -0.2) is 56.7 Å². The topological polar surface area (TPSA) is 133 Å². The zero-order chi connectivity index (χ0) is 21.0. The van der Waals surface area contributed by atoms with Crippen molar-refractivity contribution in [2.45, 2.75) is 57.9 Å². The number of alkyl halides is 1. The molecule has 2 fully saturated rings. The summed E-state index contributed by atoms with van der Waals surface area (Å²) in [5.41, 5.74) is 4.25. The molecule has 2 aromatic rings. The van der Waals surface area contributed by atoms with E-state index in [9.17, 15) is 4.57 Å². The summed E-state index contributed by atoms with van der Waals surface area (Å²) >= 11 is 0. The van der Waals surface area contributed by atoms with E-state index in [4.69, 9.17) is 28.8 Å². The maximum Gasteiger partial charge on any atom is 0.475 e. The summed E-state index contributed by atoms with van der Waals surface area (Å²) in [5.74, 6) is 0.146. The van der Waals surface area contributed by atoms with Crippen molar-refractivity contribution in [2.75, 3.05) is 18.9 Å². The summed E-state index contributed by atoms with van der Waals surface area (Å²) in [6, 6.07) is 0. The monoisotopic (exact) mass is 431 g/mol. The Kier molecular flexibility index (Phi) is 5.02. The lowest BCUT2D eigenvalue weighted by Crippen LogP contribution is -2.45. The first-order valence-corrected chi connectivity index (χ1v) is 10.7. The summed E-state index contributed by atoms with van der Waals surface area (Å²) in [7, 11) is -3.91. The van der Waals surface area contributed by atoms with Gasteiger partial charge in [-0.15, -0.1) is 0 Å². The van der Waals surface area contributed by atoms with Crippen LogP contribution in [0.5, 0.6) is 5.88 Å². The molecule has 0 saturated carbocycles. The number of nitrogens with two attached hydrogens (primary N) is 1. The fourth-order valence-electron chi connectivity index (χ4n) is 3.47. The Morgan fingerprint density at radius 2 is 2.24 bits per heavy atom. The molecule has 0 radical (unpaired) electrons. The Morgan fingerprint density at radius 1 is 1.48 bits per heavy atom. The Morgan fingerprint density at radius 3 is 2.93 bits per heavy atom. The molecule has 0 aliphatic carbocycles. The number of nitrogen functional groups attached to an aromatic ring is 1. The Balaban J connectivity index is 1.70. The van der Waals surface area contributed by atoms with Crippen molar-refractivity contribution in [2.24, 2.45) is 0 Å². The molecule has 13 heteroatoms. The van der Waals surface area contributed by atoms with Crippen molar-refractivity contribution < 1.29 is 32.0 Å². The van der Waals surface area contributed by atoms with Crippen LogP contribution < -0.4 is 10.5 Å². The highest BCUT2D eigenvalue weighted by molar-refractivity contribution is 7.48. The number of hydrogen-bond donors (Lipinski definition) is 1. The van der Waals surface area contributed by atoms with Crippen LogP contribution in [0.1, 0.15) is 33.9 Å². The number of halogens is 1. The summed E-state index contributed by atoms with van der Waals surface area (Å²) < 4.78 is 57.2. The Bertz CT molecular complexity index is 969. The Labute approximate surface area is 166 Å². The van der Waals surface area contributed by atoms with E-state index in [0.29, 0.717) is 12.1 Å². The largest absolute Gasteiger partial charge is 0.476 e. The normalized spacial score (nSPS) is 34.6. The van der Waals surface area contributed by atoms with Crippen molar-refractivity contribution in [3.63, 3.8) is 0 Å². The molecule has 2 aromatic heterocycles.